The number of likely N-dealkylation sites (tertiary alicyclic amines) is 1. The minimum Gasteiger partial charge on any atom is -0.394 e. The normalized spacial score (nSPS) is 17.4. The average molecular weight is 364 g/mol. The van der Waals surface area contributed by atoms with Crippen LogP contribution in [0.1, 0.15) is 46.4 Å². The lowest BCUT2D eigenvalue weighted by molar-refractivity contribution is -0.126. The maximum Gasteiger partial charge on any atom is 0.251 e. The fraction of sp³-hybridized carbons (Fsp3) is 0.273. The predicted molar refractivity (Wildman–Crippen MR) is 104 cm³/mol. The van der Waals surface area contributed by atoms with Crippen LogP contribution >= 0.6 is 0 Å². The van der Waals surface area contributed by atoms with E-state index in [1.165, 1.54) is 6.08 Å². The molecule has 1 fully saturated rings. The van der Waals surface area contributed by atoms with E-state index in [1.54, 1.807) is 12.1 Å². The third kappa shape index (κ3) is 4.26. The molecule has 2 aromatic carbocycles. The number of amides is 2. The molecule has 1 aliphatic rings. The Morgan fingerprint density at radius 2 is 1.89 bits per heavy atom. The summed E-state index contributed by atoms with van der Waals surface area (Å²) in [6, 6.07) is 16.3. The van der Waals surface area contributed by atoms with E-state index in [1.807, 2.05) is 47.4 Å². The lowest BCUT2D eigenvalue weighted by Gasteiger charge is -2.24. The van der Waals surface area contributed by atoms with Gasteiger partial charge in [-0.1, -0.05) is 49.0 Å². The first-order chi connectivity index (χ1) is 13.1. The molecule has 0 aliphatic carbocycles. The Balaban J connectivity index is 1.70. The number of nitrogens with zero attached hydrogens (tertiary/aromatic N) is 1. The summed E-state index contributed by atoms with van der Waals surface area (Å²) in [6.45, 7) is 4.12. The topological polar surface area (TPSA) is 69.6 Å². The molecule has 0 bridgehead atoms. The summed E-state index contributed by atoms with van der Waals surface area (Å²) in [7, 11) is 0. The van der Waals surface area contributed by atoms with E-state index in [4.69, 9.17) is 0 Å². The van der Waals surface area contributed by atoms with Gasteiger partial charge in [0.15, 0.2) is 0 Å². The van der Waals surface area contributed by atoms with Crippen molar-refractivity contribution in [1.82, 2.24) is 10.2 Å². The van der Waals surface area contributed by atoms with Crippen LogP contribution < -0.4 is 5.32 Å². The highest BCUT2D eigenvalue weighted by molar-refractivity contribution is 5.94. The van der Waals surface area contributed by atoms with Gasteiger partial charge >= 0.3 is 0 Å². The van der Waals surface area contributed by atoms with Gasteiger partial charge in [0.05, 0.1) is 18.7 Å². The molecule has 5 nitrogen and oxygen atoms in total. The number of carbonyl (C=O) groups excluding carboxylic acids is 2. The Kier molecular flexibility index (Phi) is 6.04. The van der Waals surface area contributed by atoms with Gasteiger partial charge in [0, 0.05) is 12.1 Å². The van der Waals surface area contributed by atoms with E-state index in [0.29, 0.717) is 5.56 Å². The molecular formula is C22H24N2O3. The van der Waals surface area contributed by atoms with Crippen LogP contribution in [0.4, 0.5) is 0 Å². The summed E-state index contributed by atoms with van der Waals surface area (Å²) < 4.78 is 0. The Hall–Kier alpha value is -2.92. The molecule has 0 spiro atoms. The zero-order valence-electron chi connectivity index (χ0n) is 15.2. The van der Waals surface area contributed by atoms with Crippen LogP contribution in [0.25, 0.3) is 0 Å². The summed E-state index contributed by atoms with van der Waals surface area (Å²) in [4.78, 5) is 26.3. The molecule has 3 rings (SSSR count). The summed E-state index contributed by atoms with van der Waals surface area (Å²) in [5.41, 5.74) is 2.39. The van der Waals surface area contributed by atoms with Crippen molar-refractivity contribution in [3.05, 3.63) is 83.9 Å². The van der Waals surface area contributed by atoms with E-state index in [-0.39, 0.29) is 24.5 Å². The van der Waals surface area contributed by atoms with Crippen molar-refractivity contribution >= 4 is 11.8 Å². The van der Waals surface area contributed by atoms with Crippen molar-refractivity contribution in [2.75, 3.05) is 13.2 Å². The van der Waals surface area contributed by atoms with Crippen molar-refractivity contribution in [3.8, 4) is 0 Å². The Bertz CT molecular complexity index is 802. The fourth-order valence-electron chi connectivity index (χ4n) is 3.51. The number of carbonyl (C=O) groups is 2. The third-order valence-corrected chi connectivity index (χ3v) is 4.96. The predicted octanol–water partition coefficient (Wildman–Crippen LogP) is 3.00. The van der Waals surface area contributed by atoms with Crippen molar-refractivity contribution in [2.45, 2.75) is 24.9 Å². The number of benzene rings is 2. The van der Waals surface area contributed by atoms with Gasteiger partial charge < -0.3 is 15.3 Å². The van der Waals surface area contributed by atoms with Gasteiger partial charge in [-0.15, -0.1) is 0 Å². The molecule has 5 heteroatoms. The molecule has 0 saturated carbocycles. The Morgan fingerprint density at radius 1 is 1.19 bits per heavy atom. The molecule has 27 heavy (non-hydrogen) atoms. The number of hydrogen-bond acceptors (Lipinski definition) is 3. The van der Waals surface area contributed by atoms with Crippen LogP contribution in [0.3, 0.4) is 0 Å². The molecule has 2 unspecified atom stereocenters. The number of aliphatic hydroxyl groups is 1. The molecular weight excluding hydrogens is 340 g/mol. The van der Waals surface area contributed by atoms with E-state index < -0.39 is 6.04 Å². The first-order valence-corrected chi connectivity index (χ1v) is 9.13. The fourth-order valence-corrected chi connectivity index (χ4v) is 3.51. The SMILES string of the molecule is C=CC(=O)N1CCCC1c1ccc(C(=O)NC(CO)c2ccccc2)cc1. The van der Waals surface area contributed by atoms with Gasteiger partial charge in [-0.2, -0.15) is 0 Å². The summed E-state index contributed by atoms with van der Waals surface area (Å²) in [6.07, 6.45) is 3.21. The molecule has 2 amide bonds. The van der Waals surface area contributed by atoms with Crippen molar-refractivity contribution in [1.29, 1.82) is 0 Å². The average Bonchev–Trinajstić information content (AvgIpc) is 3.22. The van der Waals surface area contributed by atoms with Crippen molar-refractivity contribution in [2.24, 2.45) is 0 Å². The smallest absolute Gasteiger partial charge is 0.251 e. The van der Waals surface area contributed by atoms with Crippen LogP contribution in [0.5, 0.6) is 0 Å². The maximum absolute atomic E-state index is 12.5. The van der Waals surface area contributed by atoms with E-state index >= 15 is 0 Å². The van der Waals surface area contributed by atoms with Crippen LogP contribution in [-0.4, -0.2) is 35.0 Å². The standard InChI is InChI=1S/C22H24N2O3/c1-2-21(26)24-14-6-9-20(24)17-10-12-18(13-11-17)22(27)23-19(15-25)16-7-4-3-5-8-16/h2-5,7-8,10-13,19-20,25H,1,6,9,14-15H2,(H,23,27). The molecule has 2 atom stereocenters. The monoisotopic (exact) mass is 364 g/mol. The minimum atomic E-state index is -0.450. The zero-order valence-corrected chi connectivity index (χ0v) is 15.2. The minimum absolute atomic E-state index is 0.0297. The molecule has 2 aromatic rings. The van der Waals surface area contributed by atoms with Gasteiger partial charge in [0.2, 0.25) is 5.91 Å². The first kappa shape index (κ1) is 18.9. The van der Waals surface area contributed by atoms with E-state index in [0.717, 1.165) is 30.5 Å². The largest absolute Gasteiger partial charge is 0.394 e. The number of nitrogens with one attached hydrogen (secondary N) is 1. The molecule has 140 valence electrons. The lowest BCUT2D eigenvalue weighted by atomic mass is 10.0. The second kappa shape index (κ2) is 8.64. The number of rotatable bonds is 6. The third-order valence-electron chi connectivity index (χ3n) is 4.96. The van der Waals surface area contributed by atoms with Gasteiger partial charge in [-0.3, -0.25) is 9.59 Å². The Labute approximate surface area is 159 Å². The Morgan fingerprint density at radius 3 is 2.52 bits per heavy atom. The van der Waals surface area contributed by atoms with Gasteiger partial charge in [0.1, 0.15) is 0 Å². The van der Waals surface area contributed by atoms with Gasteiger partial charge in [0.25, 0.3) is 5.91 Å². The molecule has 0 radical (unpaired) electrons. The van der Waals surface area contributed by atoms with Crippen LogP contribution in [0, 0.1) is 0 Å². The van der Waals surface area contributed by atoms with E-state index in [2.05, 4.69) is 11.9 Å². The quantitative estimate of drug-likeness (QED) is 0.774. The molecule has 1 aliphatic heterocycles. The molecule has 1 saturated heterocycles. The van der Waals surface area contributed by atoms with Crippen LogP contribution in [0.15, 0.2) is 67.3 Å². The zero-order chi connectivity index (χ0) is 19.2. The number of aliphatic hydroxyl groups excluding tert-OH is 1. The molecule has 2 N–H and O–H groups in total. The first-order valence-electron chi connectivity index (χ1n) is 9.13. The highest BCUT2D eigenvalue weighted by Crippen LogP contribution is 2.32. The van der Waals surface area contributed by atoms with Crippen molar-refractivity contribution < 1.29 is 14.7 Å². The van der Waals surface area contributed by atoms with Gasteiger partial charge in [-0.05, 0) is 42.2 Å². The van der Waals surface area contributed by atoms with Crippen LogP contribution in [0.2, 0.25) is 0 Å². The van der Waals surface area contributed by atoms with Gasteiger partial charge in [-0.25, -0.2) is 0 Å². The number of hydrogen-bond donors (Lipinski definition) is 2. The summed E-state index contributed by atoms with van der Waals surface area (Å²) in [5, 5.41) is 12.5. The molecule has 1 heterocycles. The highest BCUT2D eigenvalue weighted by atomic mass is 16.3. The van der Waals surface area contributed by atoms with E-state index in [9.17, 15) is 14.7 Å². The second-order valence-corrected chi connectivity index (χ2v) is 6.64. The summed E-state index contributed by atoms with van der Waals surface area (Å²) in [5.74, 6) is -0.303. The van der Waals surface area contributed by atoms with Crippen molar-refractivity contribution in [3.63, 3.8) is 0 Å². The molecule has 0 aromatic heterocycles. The highest BCUT2D eigenvalue weighted by Gasteiger charge is 2.28. The second-order valence-electron chi connectivity index (χ2n) is 6.64. The summed E-state index contributed by atoms with van der Waals surface area (Å²) >= 11 is 0. The maximum atomic E-state index is 12.5. The lowest BCUT2D eigenvalue weighted by Crippen LogP contribution is -2.31. The van der Waals surface area contributed by atoms with Crippen LogP contribution in [-0.2, 0) is 4.79 Å².